The van der Waals surface area contributed by atoms with E-state index in [1.165, 1.54) is 10.4 Å². The monoisotopic (exact) mass is 333 g/mol. The number of fused-ring (bicyclic) bond motifs is 1. The molecule has 3 rings (SSSR count). The predicted molar refractivity (Wildman–Crippen MR) is 83.9 cm³/mol. The Hall–Kier alpha value is -0.100. The second-order valence-corrected chi connectivity index (χ2v) is 9.07. The number of alkyl halides is 1. The Bertz CT molecular complexity index is 565. The van der Waals surface area contributed by atoms with E-state index in [0.717, 1.165) is 25.7 Å². The van der Waals surface area contributed by atoms with Crippen LogP contribution in [0.15, 0.2) is 11.4 Å². The third kappa shape index (κ3) is 2.91. The van der Waals surface area contributed by atoms with Crippen LogP contribution < -0.4 is 0 Å². The number of halogens is 1. The van der Waals surface area contributed by atoms with E-state index in [9.17, 15) is 8.42 Å². The zero-order valence-corrected chi connectivity index (χ0v) is 13.8. The van der Waals surface area contributed by atoms with Gasteiger partial charge in [-0.2, -0.15) is 4.31 Å². The Labute approximate surface area is 130 Å². The van der Waals surface area contributed by atoms with Crippen LogP contribution in [0.3, 0.4) is 0 Å². The molecule has 2 heterocycles. The van der Waals surface area contributed by atoms with Crippen molar-refractivity contribution in [3.8, 4) is 0 Å². The van der Waals surface area contributed by atoms with Crippen LogP contribution in [0.25, 0.3) is 0 Å². The van der Waals surface area contributed by atoms with Gasteiger partial charge in [-0.3, -0.25) is 0 Å². The molecule has 1 aromatic rings. The molecule has 2 aliphatic rings. The minimum absolute atomic E-state index is 0.103. The summed E-state index contributed by atoms with van der Waals surface area (Å²) in [4.78, 5) is 1.38. The van der Waals surface area contributed by atoms with E-state index < -0.39 is 10.0 Å². The molecule has 1 aromatic heterocycles. The van der Waals surface area contributed by atoms with Crippen LogP contribution in [0.5, 0.6) is 0 Å². The second kappa shape index (κ2) is 5.95. The molecule has 1 aliphatic heterocycles. The topological polar surface area (TPSA) is 37.4 Å². The van der Waals surface area contributed by atoms with Crippen molar-refractivity contribution in [3.05, 3.63) is 21.9 Å². The molecule has 0 N–H and O–H groups in total. The molecular weight excluding hydrogens is 314 g/mol. The van der Waals surface area contributed by atoms with Crippen molar-refractivity contribution in [3.63, 3.8) is 0 Å². The molecule has 1 fully saturated rings. The van der Waals surface area contributed by atoms with Gasteiger partial charge in [-0.25, -0.2) is 8.42 Å². The van der Waals surface area contributed by atoms with Crippen molar-refractivity contribution in [2.75, 3.05) is 18.2 Å². The van der Waals surface area contributed by atoms with Crippen LogP contribution in [0.2, 0.25) is 0 Å². The lowest BCUT2D eigenvalue weighted by Crippen LogP contribution is -2.41. The summed E-state index contributed by atoms with van der Waals surface area (Å²) in [5.74, 6) is 1.31. The molecule has 112 valence electrons. The number of sulfonamides is 1. The zero-order chi connectivity index (χ0) is 14.2. The third-order valence-corrected chi connectivity index (χ3v) is 7.37. The average Bonchev–Trinajstić information content (AvgIpc) is 3.14. The van der Waals surface area contributed by atoms with Gasteiger partial charge in [-0.15, -0.1) is 22.9 Å². The number of hydrogen-bond donors (Lipinski definition) is 0. The van der Waals surface area contributed by atoms with Crippen LogP contribution in [-0.4, -0.2) is 30.9 Å². The fourth-order valence-electron chi connectivity index (χ4n) is 3.03. The van der Waals surface area contributed by atoms with Crippen molar-refractivity contribution < 1.29 is 8.42 Å². The molecule has 20 heavy (non-hydrogen) atoms. The average molecular weight is 334 g/mol. The van der Waals surface area contributed by atoms with Crippen molar-refractivity contribution >= 4 is 33.0 Å². The van der Waals surface area contributed by atoms with E-state index in [1.807, 2.05) is 0 Å². The van der Waals surface area contributed by atoms with Crippen molar-refractivity contribution in [2.24, 2.45) is 5.92 Å². The maximum absolute atomic E-state index is 12.6. The van der Waals surface area contributed by atoms with Crippen LogP contribution in [0, 0.1) is 5.92 Å². The number of unbranched alkanes of at least 4 members (excludes halogenated alkanes) is 1. The van der Waals surface area contributed by atoms with E-state index in [2.05, 4.69) is 11.4 Å². The minimum atomic E-state index is -3.15. The molecule has 1 unspecified atom stereocenters. The molecule has 6 heteroatoms. The molecule has 1 aliphatic carbocycles. The van der Waals surface area contributed by atoms with Gasteiger partial charge in [-0.05, 0) is 55.0 Å². The van der Waals surface area contributed by atoms with Gasteiger partial charge in [0.2, 0.25) is 10.0 Å². The zero-order valence-electron chi connectivity index (χ0n) is 11.4. The molecule has 0 bridgehead atoms. The van der Waals surface area contributed by atoms with E-state index in [4.69, 9.17) is 11.6 Å². The summed E-state index contributed by atoms with van der Waals surface area (Å²) < 4.78 is 27.0. The molecule has 0 radical (unpaired) electrons. The van der Waals surface area contributed by atoms with E-state index in [0.29, 0.717) is 24.8 Å². The highest BCUT2D eigenvalue weighted by molar-refractivity contribution is 7.89. The Kier molecular flexibility index (Phi) is 4.41. The molecule has 0 aromatic carbocycles. The van der Waals surface area contributed by atoms with Crippen molar-refractivity contribution in [2.45, 2.75) is 38.1 Å². The van der Waals surface area contributed by atoms with Gasteiger partial charge in [-0.1, -0.05) is 0 Å². The summed E-state index contributed by atoms with van der Waals surface area (Å²) >= 11 is 7.42. The molecule has 0 saturated heterocycles. The smallest absolute Gasteiger partial charge is 0.212 e. The molecule has 0 amide bonds. The lowest BCUT2D eigenvalue weighted by molar-refractivity contribution is 0.282. The van der Waals surface area contributed by atoms with E-state index in [1.54, 1.807) is 15.6 Å². The van der Waals surface area contributed by atoms with Crippen LogP contribution in [0.4, 0.5) is 0 Å². The van der Waals surface area contributed by atoms with Crippen LogP contribution in [-0.2, 0) is 16.4 Å². The van der Waals surface area contributed by atoms with Gasteiger partial charge in [0.25, 0.3) is 0 Å². The maximum Gasteiger partial charge on any atom is 0.214 e. The van der Waals surface area contributed by atoms with E-state index in [-0.39, 0.29) is 11.8 Å². The first kappa shape index (κ1) is 14.8. The number of rotatable bonds is 6. The summed E-state index contributed by atoms with van der Waals surface area (Å²) in [6.07, 6.45) is 4.62. The van der Waals surface area contributed by atoms with Gasteiger partial charge >= 0.3 is 0 Å². The van der Waals surface area contributed by atoms with Crippen LogP contribution >= 0.6 is 22.9 Å². The summed E-state index contributed by atoms with van der Waals surface area (Å²) in [5.41, 5.74) is 1.27. The first-order valence-electron chi connectivity index (χ1n) is 7.25. The van der Waals surface area contributed by atoms with Gasteiger partial charge < -0.3 is 0 Å². The van der Waals surface area contributed by atoms with Gasteiger partial charge in [0.1, 0.15) is 0 Å². The van der Waals surface area contributed by atoms with Gasteiger partial charge in [0, 0.05) is 17.3 Å². The first-order valence-corrected chi connectivity index (χ1v) is 10.3. The Balaban J connectivity index is 1.82. The molecule has 1 atom stereocenters. The quantitative estimate of drug-likeness (QED) is 0.591. The van der Waals surface area contributed by atoms with Crippen molar-refractivity contribution in [1.82, 2.24) is 4.31 Å². The summed E-state index contributed by atoms with van der Waals surface area (Å²) in [6, 6.07) is 2.23. The Morgan fingerprint density at radius 2 is 2.15 bits per heavy atom. The summed E-state index contributed by atoms with van der Waals surface area (Å²) in [7, 11) is -3.15. The minimum Gasteiger partial charge on any atom is -0.212 e. The fourth-order valence-corrected chi connectivity index (χ4v) is 5.94. The molecule has 1 saturated carbocycles. The van der Waals surface area contributed by atoms with Crippen LogP contribution in [0.1, 0.15) is 42.2 Å². The number of hydrogen-bond acceptors (Lipinski definition) is 3. The highest BCUT2D eigenvalue weighted by Gasteiger charge is 2.44. The highest BCUT2D eigenvalue weighted by atomic mass is 35.5. The van der Waals surface area contributed by atoms with Crippen molar-refractivity contribution in [1.29, 1.82) is 0 Å². The van der Waals surface area contributed by atoms with Gasteiger partial charge in [0.15, 0.2) is 0 Å². The summed E-state index contributed by atoms with van der Waals surface area (Å²) in [6.45, 7) is 0.651. The number of nitrogens with zero attached hydrogens (tertiary/aromatic N) is 1. The molecule has 3 nitrogen and oxygen atoms in total. The standard InChI is InChI=1S/C14H20ClNO2S2/c15-7-1-2-10-20(17,18)16-8-5-13-12(6-9-19-13)14(16)11-3-4-11/h6,9,11,14H,1-5,7-8,10H2. The first-order chi connectivity index (χ1) is 9.63. The largest absolute Gasteiger partial charge is 0.214 e. The SMILES string of the molecule is O=S(=O)(CCCCCl)N1CCc2sccc2C1C1CC1. The summed E-state index contributed by atoms with van der Waals surface area (Å²) in [5, 5.41) is 2.10. The third-order valence-electron chi connectivity index (χ3n) is 4.18. The van der Waals surface area contributed by atoms with Gasteiger partial charge in [0.05, 0.1) is 11.8 Å². The molecule has 0 spiro atoms. The van der Waals surface area contributed by atoms with E-state index >= 15 is 0 Å². The second-order valence-electron chi connectivity index (χ2n) is 5.65. The Morgan fingerprint density at radius 3 is 2.85 bits per heavy atom. The Morgan fingerprint density at radius 1 is 1.35 bits per heavy atom. The lowest BCUT2D eigenvalue weighted by atomic mass is 9.98. The normalized spacial score (nSPS) is 23.8. The molecular formula is C14H20ClNO2S2. The lowest BCUT2D eigenvalue weighted by Gasteiger charge is -2.35. The highest BCUT2D eigenvalue weighted by Crippen LogP contribution is 2.49. The predicted octanol–water partition coefficient (Wildman–Crippen LogP) is 3.41. The number of thiophene rings is 1. The fraction of sp³-hybridized carbons (Fsp3) is 0.714. The maximum atomic E-state index is 12.6.